The highest BCUT2D eigenvalue weighted by molar-refractivity contribution is 4.98. The van der Waals surface area contributed by atoms with Crippen molar-refractivity contribution in [2.45, 2.75) is 25.4 Å². The average molecular weight is 239 g/mol. The van der Waals surface area contributed by atoms with Gasteiger partial charge in [0.15, 0.2) is 0 Å². The van der Waals surface area contributed by atoms with E-state index in [0.717, 1.165) is 31.3 Å². The number of aliphatic hydroxyl groups excluding tert-OH is 1. The van der Waals surface area contributed by atoms with Crippen LogP contribution in [0.1, 0.15) is 18.6 Å². The fourth-order valence-corrected chi connectivity index (χ4v) is 1.65. The Morgan fingerprint density at radius 1 is 1.53 bits per heavy atom. The number of rotatable bonds is 9. The Morgan fingerprint density at radius 2 is 2.41 bits per heavy atom. The number of hydrogen-bond acceptors (Lipinski definition) is 4. The van der Waals surface area contributed by atoms with Gasteiger partial charge in [-0.15, -0.1) is 0 Å². The molecule has 1 aromatic heterocycles. The molecular weight excluding hydrogens is 218 g/mol. The second kappa shape index (κ2) is 6.79. The van der Waals surface area contributed by atoms with E-state index in [4.69, 9.17) is 9.15 Å². The zero-order valence-electron chi connectivity index (χ0n) is 10.1. The summed E-state index contributed by atoms with van der Waals surface area (Å²) in [5.41, 5.74) is 0. The molecule has 1 fully saturated rings. The molecule has 0 aromatic carbocycles. The fraction of sp³-hybridized carbons (Fsp3) is 0.692. The van der Waals surface area contributed by atoms with Gasteiger partial charge in [0.2, 0.25) is 0 Å². The number of aliphatic hydroxyl groups is 1. The molecular formula is C13H21NO3. The predicted molar refractivity (Wildman–Crippen MR) is 64.8 cm³/mol. The normalized spacial score (nSPS) is 17.2. The lowest BCUT2D eigenvalue weighted by molar-refractivity contribution is 0.0326. The molecule has 1 aliphatic rings. The van der Waals surface area contributed by atoms with E-state index >= 15 is 0 Å². The zero-order chi connectivity index (χ0) is 11.9. The summed E-state index contributed by atoms with van der Waals surface area (Å²) < 4.78 is 10.6. The summed E-state index contributed by atoms with van der Waals surface area (Å²) >= 11 is 0. The maximum atomic E-state index is 9.63. The van der Waals surface area contributed by atoms with Gasteiger partial charge in [0.05, 0.1) is 19.0 Å². The molecule has 2 N–H and O–H groups in total. The summed E-state index contributed by atoms with van der Waals surface area (Å²) in [4.78, 5) is 0. The third kappa shape index (κ3) is 5.35. The maximum Gasteiger partial charge on any atom is 0.105 e. The quantitative estimate of drug-likeness (QED) is 0.636. The van der Waals surface area contributed by atoms with Gasteiger partial charge in [-0.25, -0.2) is 0 Å². The molecule has 0 saturated heterocycles. The molecule has 2 rings (SSSR count). The zero-order valence-corrected chi connectivity index (χ0v) is 10.1. The van der Waals surface area contributed by atoms with E-state index < -0.39 is 6.10 Å². The monoisotopic (exact) mass is 239 g/mol. The van der Waals surface area contributed by atoms with Crippen LogP contribution in [0.3, 0.4) is 0 Å². The Labute approximate surface area is 102 Å². The molecule has 1 atom stereocenters. The molecule has 4 nitrogen and oxygen atoms in total. The van der Waals surface area contributed by atoms with Crippen molar-refractivity contribution in [2.75, 3.05) is 26.3 Å². The first-order valence-corrected chi connectivity index (χ1v) is 6.33. The maximum absolute atomic E-state index is 9.63. The first-order valence-electron chi connectivity index (χ1n) is 6.33. The van der Waals surface area contributed by atoms with Gasteiger partial charge < -0.3 is 19.6 Å². The third-order valence-electron chi connectivity index (χ3n) is 2.87. The minimum atomic E-state index is -0.412. The highest BCUT2D eigenvalue weighted by atomic mass is 16.5. The Morgan fingerprint density at radius 3 is 3.12 bits per heavy atom. The van der Waals surface area contributed by atoms with Gasteiger partial charge in [-0.2, -0.15) is 0 Å². The summed E-state index contributed by atoms with van der Waals surface area (Å²) in [6.45, 7) is 2.63. The minimum Gasteiger partial charge on any atom is -0.469 e. The van der Waals surface area contributed by atoms with Gasteiger partial charge in [0, 0.05) is 26.1 Å². The van der Waals surface area contributed by atoms with E-state index in [-0.39, 0.29) is 0 Å². The second-order valence-electron chi connectivity index (χ2n) is 4.67. The highest BCUT2D eigenvalue weighted by Gasteiger charge is 2.21. The Balaban J connectivity index is 1.43. The van der Waals surface area contributed by atoms with Gasteiger partial charge >= 0.3 is 0 Å². The molecule has 17 heavy (non-hydrogen) atoms. The number of hydrogen-bond donors (Lipinski definition) is 2. The van der Waals surface area contributed by atoms with E-state index in [1.807, 2.05) is 12.1 Å². The molecule has 0 amide bonds. The largest absolute Gasteiger partial charge is 0.469 e. The van der Waals surface area contributed by atoms with Gasteiger partial charge in [-0.3, -0.25) is 0 Å². The van der Waals surface area contributed by atoms with Crippen molar-refractivity contribution in [2.24, 2.45) is 5.92 Å². The van der Waals surface area contributed by atoms with Gasteiger partial charge in [-0.1, -0.05) is 0 Å². The number of ether oxygens (including phenoxy) is 1. The van der Waals surface area contributed by atoms with Crippen LogP contribution in [0.2, 0.25) is 0 Å². The summed E-state index contributed by atoms with van der Waals surface area (Å²) in [5.74, 6) is 1.73. The Bertz CT molecular complexity index is 296. The Kier molecular flexibility index (Phi) is 5.04. The molecule has 1 unspecified atom stereocenters. The molecule has 0 bridgehead atoms. The molecule has 0 radical (unpaired) electrons. The first kappa shape index (κ1) is 12.6. The van der Waals surface area contributed by atoms with Crippen LogP contribution in [-0.2, 0) is 11.2 Å². The smallest absolute Gasteiger partial charge is 0.105 e. The molecule has 96 valence electrons. The standard InChI is InChI=1S/C13H21NO3/c15-12(10-16-9-11-3-4-11)8-14-6-5-13-2-1-7-17-13/h1-2,7,11-12,14-15H,3-6,8-10H2. The van der Waals surface area contributed by atoms with Crippen LogP contribution in [0.25, 0.3) is 0 Å². The van der Waals surface area contributed by atoms with E-state index in [1.165, 1.54) is 12.8 Å². The summed E-state index contributed by atoms with van der Waals surface area (Å²) in [6.07, 6.45) is 4.69. The molecule has 0 spiro atoms. The SMILES string of the molecule is OC(CNCCc1ccco1)COCC1CC1. The van der Waals surface area contributed by atoms with Gasteiger partial charge in [0.25, 0.3) is 0 Å². The molecule has 1 saturated carbocycles. The Hall–Kier alpha value is -0.840. The summed E-state index contributed by atoms with van der Waals surface area (Å²) in [5, 5.41) is 12.8. The average Bonchev–Trinajstić information content (AvgIpc) is 3.00. The van der Waals surface area contributed by atoms with Crippen LogP contribution in [0.15, 0.2) is 22.8 Å². The molecule has 0 aliphatic heterocycles. The van der Waals surface area contributed by atoms with Crippen LogP contribution < -0.4 is 5.32 Å². The van der Waals surface area contributed by atoms with Crippen molar-refractivity contribution in [3.05, 3.63) is 24.2 Å². The number of nitrogens with one attached hydrogen (secondary N) is 1. The van der Waals surface area contributed by atoms with Crippen LogP contribution >= 0.6 is 0 Å². The lowest BCUT2D eigenvalue weighted by Gasteiger charge is -2.11. The molecule has 1 aromatic rings. The van der Waals surface area contributed by atoms with Crippen LogP contribution in [-0.4, -0.2) is 37.5 Å². The van der Waals surface area contributed by atoms with Crippen LogP contribution in [0.5, 0.6) is 0 Å². The van der Waals surface area contributed by atoms with E-state index in [9.17, 15) is 5.11 Å². The van der Waals surface area contributed by atoms with Crippen LogP contribution in [0, 0.1) is 5.92 Å². The van der Waals surface area contributed by atoms with Crippen LogP contribution in [0.4, 0.5) is 0 Å². The topological polar surface area (TPSA) is 54.6 Å². The minimum absolute atomic E-state index is 0.412. The van der Waals surface area contributed by atoms with E-state index in [0.29, 0.717) is 13.2 Å². The van der Waals surface area contributed by atoms with E-state index in [1.54, 1.807) is 6.26 Å². The van der Waals surface area contributed by atoms with Gasteiger partial charge in [-0.05, 0) is 30.9 Å². The number of furan rings is 1. The van der Waals surface area contributed by atoms with Crippen molar-refractivity contribution in [3.8, 4) is 0 Å². The molecule has 1 aliphatic carbocycles. The van der Waals surface area contributed by atoms with Crippen molar-refractivity contribution < 1.29 is 14.3 Å². The summed E-state index contributed by atoms with van der Waals surface area (Å²) in [7, 11) is 0. The highest BCUT2D eigenvalue weighted by Crippen LogP contribution is 2.28. The third-order valence-corrected chi connectivity index (χ3v) is 2.87. The first-order chi connectivity index (χ1) is 8.34. The van der Waals surface area contributed by atoms with Gasteiger partial charge in [0.1, 0.15) is 5.76 Å². The molecule has 4 heteroatoms. The summed E-state index contributed by atoms with van der Waals surface area (Å²) in [6, 6.07) is 3.84. The van der Waals surface area contributed by atoms with Crippen molar-refractivity contribution in [1.29, 1.82) is 0 Å². The second-order valence-corrected chi connectivity index (χ2v) is 4.67. The van der Waals surface area contributed by atoms with Crippen molar-refractivity contribution in [3.63, 3.8) is 0 Å². The van der Waals surface area contributed by atoms with Crippen molar-refractivity contribution >= 4 is 0 Å². The lowest BCUT2D eigenvalue weighted by atomic mass is 10.3. The molecule has 1 heterocycles. The lowest BCUT2D eigenvalue weighted by Crippen LogP contribution is -2.31. The van der Waals surface area contributed by atoms with E-state index in [2.05, 4.69) is 5.32 Å². The predicted octanol–water partition coefficient (Wildman–Crippen LogP) is 1.20. The van der Waals surface area contributed by atoms with Crippen molar-refractivity contribution in [1.82, 2.24) is 5.32 Å². The fourth-order valence-electron chi connectivity index (χ4n) is 1.65.